The topological polar surface area (TPSA) is 110 Å². The molecule has 118 valence electrons. The van der Waals surface area contributed by atoms with E-state index in [0.29, 0.717) is 31.6 Å². The molecule has 20 heavy (non-hydrogen) atoms. The number of carbonyl (C=O) groups is 2. The van der Waals surface area contributed by atoms with Crippen LogP contribution >= 0.6 is 12.6 Å². The van der Waals surface area contributed by atoms with Crippen molar-refractivity contribution in [3.8, 4) is 0 Å². The van der Waals surface area contributed by atoms with Gasteiger partial charge < -0.3 is 20.6 Å². The van der Waals surface area contributed by atoms with E-state index in [0.717, 1.165) is 0 Å². The molecule has 1 amide bonds. The fourth-order valence-corrected chi connectivity index (χ4v) is 2.06. The Morgan fingerprint density at radius 3 is 2.25 bits per heavy atom. The van der Waals surface area contributed by atoms with E-state index in [2.05, 4.69) is 17.9 Å². The van der Waals surface area contributed by atoms with Gasteiger partial charge in [-0.2, -0.15) is 12.6 Å². The number of carbonyl (C=O) groups excluding carboxylic acids is 1. The SMILES string of the molecule is O=C(CCS)NCCCC(C(=O)O)N(CCO)CCO. The Hall–Kier alpha value is -0.830. The molecule has 0 aliphatic rings. The number of aliphatic carboxylic acids is 1. The van der Waals surface area contributed by atoms with Crippen LogP contribution in [0.25, 0.3) is 0 Å². The van der Waals surface area contributed by atoms with Gasteiger partial charge in [-0.25, -0.2) is 0 Å². The average Bonchev–Trinajstić information content (AvgIpc) is 2.38. The van der Waals surface area contributed by atoms with E-state index in [4.69, 9.17) is 10.2 Å². The quantitative estimate of drug-likeness (QED) is 0.232. The van der Waals surface area contributed by atoms with Crippen molar-refractivity contribution in [2.24, 2.45) is 0 Å². The van der Waals surface area contributed by atoms with Crippen molar-refractivity contribution < 1.29 is 24.9 Å². The molecular weight excluding hydrogens is 284 g/mol. The molecule has 0 aromatic heterocycles. The molecule has 1 unspecified atom stereocenters. The van der Waals surface area contributed by atoms with Gasteiger partial charge in [0.2, 0.25) is 5.91 Å². The number of aliphatic hydroxyl groups excluding tert-OH is 2. The lowest BCUT2D eigenvalue weighted by atomic mass is 10.1. The molecule has 0 aromatic rings. The monoisotopic (exact) mass is 308 g/mol. The molecule has 4 N–H and O–H groups in total. The second-order valence-electron chi connectivity index (χ2n) is 4.30. The fourth-order valence-electron chi connectivity index (χ4n) is 1.86. The number of nitrogens with one attached hydrogen (secondary N) is 1. The van der Waals surface area contributed by atoms with Gasteiger partial charge in [0.1, 0.15) is 6.04 Å². The molecule has 0 radical (unpaired) electrons. The van der Waals surface area contributed by atoms with Gasteiger partial charge in [0, 0.05) is 26.1 Å². The number of carboxylic acid groups (broad SMARTS) is 1. The van der Waals surface area contributed by atoms with Gasteiger partial charge >= 0.3 is 5.97 Å². The van der Waals surface area contributed by atoms with Gasteiger partial charge in [0.25, 0.3) is 0 Å². The van der Waals surface area contributed by atoms with Gasteiger partial charge in [0.15, 0.2) is 0 Å². The van der Waals surface area contributed by atoms with Crippen LogP contribution in [0.2, 0.25) is 0 Å². The van der Waals surface area contributed by atoms with Crippen molar-refractivity contribution in [2.75, 3.05) is 38.6 Å². The van der Waals surface area contributed by atoms with Crippen molar-refractivity contribution in [3.63, 3.8) is 0 Å². The summed E-state index contributed by atoms with van der Waals surface area (Å²) in [5, 5.41) is 29.7. The van der Waals surface area contributed by atoms with Crippen molar-refractivity contribution in [3.05, 3.63) is 0 Å². The zero-order valence-electron chi connectivity index (χ0n) is 11.5. The summed E-state index contributed by atoms with van der Waals surface area (Å²) in [7, 11) is 0. The Morgan fingerprint density at radius 2 is 1.80 bits per heavy atom. The molecule has 0 aliphatic carbocycles. The highest BCUT2D eigenvalue weighted by Crippen LogP contribution is 2.07. The molecule has 0 bridgehead atoms. The highest BCUT2D eigenvalue weighted by molar-refractivity contribution is 7.80. The molecule has 0 heterocycles. The summed E-state index contributed by atoms with van der Waals surface area (Å²) in [6, 6.07) is -0.768. The molecule has 0 spiro atoms. The predicted molar refractivity (Wildman–Crippen MR) is 77.9 cm³/mol. The number of aliphatic hydroxyl groups is 2. The molecule has 0 rings (SSSR count). The van der Waals surface area contributed by atoms with E-state index < -0.39 is 12.0 Å². The summed E-state index contributed by atoms with van der Waals surface area (Å²) in [5.74, 6) is -0.618. The second-order valence-corrected chi connectivity index (χ2v) is 4.75. The summed E-state index contributed by atoms with van der Waals surface area (Å²) in [6.07, 6.45) is 1.20. The first-order valence-electron chi connectivity index (χ1n) is 6.63. The Kier molecular flexibility index (Phi) is 11.5. The van der Waals surface area contributed by atoms with Crippen LogP contribution in [-0.4, -0.2) is 76.7 Å². The summed E-state index contributed by atoms with van der Waals surface area (Å²) < 4.78 is 0. The lowest BCUT2D eigenvalue weighted by molar-refractivity contribution is -0.144. The maximum atomic E-state index is 11.2. The standard InChI is InChI=1S/C12H24N2O5S/c15-7-5-14(6-8-16)10(12(18)19)2-1-4-13-11(17)3-9-20/h10,15-16,20H,1-9H2,(H,13,17)(H,18,19). The Bertz CT molecular complexity index is 285. The smallest absolute Gasteiger partial charge is 0.320 e. The fraction of sp³-hybridized carbons (Fsp3) is 0.833. The summed E-state index contributed by atoms with van der Waals surface area (Å²) >= 11 is 3.95. The van der Waals surface area contributed by atoms with Crippen LogP contribution in [0.4, 0.5) is 0 Å². The van der Waals surface area contributed by atoms with Crippen LogP contribution in [0.5, 0.6) is 0 Å². The Labute approximate surface area is 124 Å². The molecule has 1 atom stereocenters. The highest BCUT2D eigenvalue weighted by atomic mass is 32.1. The molecule has 0 saturated carbocycles. The van der Waals surface area contributed by atoms with Crippen LogP contribution in [0.3, 0.4) is 0 Å². The predicted octanol–water partition coefficient (Wildman–Crippen LogP) is -1.06. The Balaban J connectivity index is 4.19. The van der Waals surface area contributed by atoms with Crippen molar-refractivity contribution in [1.29, 1.82) is 0 Å². The first kappa shape index (κ1) is 19.2. The zero-order valence-corrected chi connectivity index (χ0v) is 12.4. The first-order valence-corrected chi connectivity index (χ1v) is 7.26. The van der Waals surface area contributed by atoms with Crippen molar-refractivity contribution in [1.82, 2.24) is 10.2 Å². The number of hydrogen-bond donors (Lipinski definition) is 5. The van der Waals surface area contributed by atoms with Crippen LogP contribution in [0.1, 0.15) is 19.3 Å². The number of hydrogen-bond acceptors (Lipinski definition) is 6. The third kappa shape index (κ3) is 8.36. The van der Waals surface area contributed by atoms with Gasteiger partial charge in [-0.3, -0.25) is 14.5 Å². The molecule has 7 nitrogen and oxygen atoms in total. The van der Waals surface area contributed by atoms with Gasteiger partial charge in [-0.05, 0) is 18.6 Å². The molecule has 0 saturated heterocycles. The molecule has 0 fully saturated rings. The van der Waals surface area contributed by atoms with Crippen LogP contribution in [0.15, 0.2) is 0 Å². The van der Waals surface area contributed by atoms with Gasteiger partial charge in [-0.15, -0.1) is 0 Å². The largest absolute Gasteiger partial charge is 0.480 e. The summed E-state index contributed by atoms with van der Waals surface area (Å²) in [6.45, 7) is 0.473. The van der Waals surface area contributed by atoms with E-state index in [1.54, 1.807) is 0 Å². The van der Waals surface area contributed by atoms with E-state index in [9.17, 15) is 14.7 Å². The number of nitrogens with zero attached hydrogens (tertiary/aromatic N) is 1. The van der Waals surface area contributed by atoms with Crippen LogP contribution in [-0.2, 0) is 9.59 Å². The summed E-state index contributed by atoms with van der Waals surface area (Å²) in [4.78, 5) is 24.0. The van der Waals surface area contributed by atoms with Gasteiger partial charge in [0.05, 0.1) is 13.2 Å². The highest BCUT2D eigenvalue weighted by Gasteiger charge is 2.24. The number of thiol groups is 1. The molecule has 8 heteroatoms. The number of carboxylic acids is 1. The van der Waals surface area contributed by atoms with Crippen LogP contribution in [0, 0.1) is 0 Å². The lowest BCUT2D eigenvalue weighted by Gasteiger charge is -2.27. The zero-order chi connectivity index (χ0) is 15.4. The number of rotatable bonds is 12. The minimum atomic E-state index is -0.992. The van der Waals surface area contributed by atoms with Crippen molar-refractivity contribution >= 4 is 24.5 Å². The molecule has 0 aromatic carbocycles. The van der Waals surface area contributed by atoms with E-state index in [-0.39, 0.29) is 32.2 Å². The minimum absolute atomic E-state index is 0.102. The maximum absolute atomic E-state index is 11.2. The average molecular weight is 308 g/mol. The third-order valence-electron chi connectivity index (χ3n) is 2.82. The second kappa shape index (κ2) is 12.0. The van der Waals surface area contributed by atoms with Gasteiger partial charge in [-0.1, -0.05) is 0 Å². The number of amides is 1. The van der Waals surface area contributed by atoms with E-state index >= 15 is 0 Å². The summed E-state index contributed by atoms with van der Waals surface area (Å²) in [5.41, 5.74) is 0. The first-order chi connectivity index (χ1) is 9.56. The van der Waals surface area contributed by atoms with E-state index in [1.165, 1.54) is 4.90 Å². The Morgan fingerprint density at radius 1 is 1.20 bits per heavy atom. The normalized spacial score (nSPS) is 12.4. The maximum Gasteiger partial charge on any atom is 0.320 e. The molecule has 0 aliphatic heterocycles. The lowest BCUT2D eigenvalue weighted by Crippen LogP contribution is -2.44. The van der Waals surface area contributed by atoms with Crippen molar-refractivity contribution in [2.45, 2.75) is 25.3 Å². The van der Waals surface area contributed by atoms with Crippen LogP contribution < -0.4 is 5.32 Å². The minimum Gasteiger partial charge on any atom is -0.480 e. The molecular formula is C12H24N2O5S. The van der Waals surface area contributed by atoms with E-state index in [1.807, 2.05) is 0 Å². The third-order valence-corrected chi connectivity index (χ3v) is 3.04.